The largest absolute Gasteiger partial charge is 0.465 e. The molecule has 1 aromatic carbocycles. The Bertz CT molecular complexity index is 605. The average Bonchev–Trinajstić information content (AvgIpc) is 2.83. The lowest BCUT2D eigenvalue weighted by molar-refractivity contribution is 0.0956. The molecule has 2 rings (SSSR count). The molecule has 0 saturated carbocycles. The summed E-state index contributed by atoms with van der Waals surface area (Å²) in [5.74, 6) is 1.60. The standard InChI is InChI=1S/C15H19N3O2/c1-3-17-15(19)11-5-7-14(13(16)8-11)18-9-12-6-4-10(2)20-12/h4-8,18H,3,9,16H2,1-2H3,(H,17,19). The molecule has 0 unspecified atom stereocenters. The van der Waals surface area contributed by atoms with E-state index in [0.717, 1.165) is 17.2 Å². The maximum absolute atomic E-state index is 11.7. The van der Waals surface area contributed by atoms with Crippen LogP contribution in [0.3, 0.4) is 0 Å². The van der Waals surface area contributed by atoms with Gasteiger partial charge in [0.15, 0.2) is 0 Å². The lowest BCUT2D eigenvalue weighted by Gasteiger charge is -2.10. The first-order valence-electron chi connectivity index (χ1n) is 6.57. The summed E-state index contributed by atoms with van der Waals surface area (Å²) in [6.45, 7) is 4.93. The Morgan fingerprint density at radius 2 is 2.10 bits per heavy atom. The quantitative estimate of drug-likeness (QED) is 0.731. The number of aryl methyl sites for hydroxylation is 1. The summed E-state index contributed by atoms with van der Waals surface area (Å²) in [4.78, 5) is 11.7. The van der Waals surface area contributed by atoms with Gasteiger partial charge in [-0.15, -0.1) is 0 Å². The van der Waals surface area contributed by atoms with E-state index in [0.29, 0.717) is 24.3 Å². The van der Waals surface area contributed by atoms with Crippen LogP contribution in [0.1, 0.15) is 28.8 Å². The predicted molar refractivity (Wildman–Crippen MR) is 79.6 cm³/mol. The van der Waals surface area contributed by atoms with Gasteiger partial charge in [0.1, 0.15) is 11.5 Å². The van der Waals surface area contributed by atoms with Crippen molar-refractivity contribution >= 4 is 17.3 Å². The van der Waals surface area contributed by atoms with E-state index in [9.17, 15) is 4.79 Å². The van der Waals surface area contributed by atoms with Gasteiger partial charge in [-0.05, 0) is 44.2 Å². The topological polar surface area (TPSA) is 80.3 Å². The van der Waals surface area contributed by atoms with Crippen molar-refractivity contribution in [2.45, 2.75) is 20.4 Å². The molecule has 1 heterocycles. The van der Waals surface area contributed by atoms with E-state index in [4.69, 9.17) is 10.2 Å². The van der Waals surface area contributed by atoms with Gasteiger partial charge in [-0.25, -0.2) is 0 Å². The lowest BCUT2D eigenvalue weighted by Crippen LogP contribution is -2.22. The van der Waals surface area contributed by atoms with Crippen LogP contribution in [-0.2, 0) is 6.54 Å². The molecule has 1 aromatic heterocycles. The van der Waals surface area contributed by atoms with Crippen LogP contribution in [0.15, 0.2) is 34.7 Å². The van der Waals surface area contributed by atoms with Crippen molar-refractivity contribution in [3.63, 3.8) is 0 Å². The van der Waals surface area contributed by atoms with Gasteiger partial charge >= 0.3 is 0 Å². The second kappa shape index (κ2) is 6.14. The number of nitrogens with two attached hydrogens (primary N) is 1. The van der Waals surface area contributed by atoms with Crippen LogP contribution in [-0.4, -0.2) is 12.5 Å². The molecule has 0 fully saturated rings. The van der Waals surface area contributed by atoms with Crippen molar-refractivity contribution in [2.75, 3.05) is 17.6 Å². The molecule has 1 amide bonds. The molecule has 5 nitrogen and oxygen atoms in total. The van der Waals surface area contributed by atoms with Crippen molar-refractivity contribution in [3.8, 4) is 0 Å². The number of anilines is 2. The van der Waals surface area contributed by atoms with Gasteiger partial charge in [-0.3, -0.25) is 4.79 Å². The van der Waals surface area contributed by atoms with Gasteiger partial charge in [0, 0.05) is 12.1 Å². The maximum atomic E-state index is 11.7. The van der Waals surface area contributed by atoms with Gasteiger partial charge in [0.05, 0.1) is 17.9 Å². The summed E-state index contributed by atoms with van der Waals surface area (Å²) < 4.78 is 5.47. The number of carbonyl (C=O) groups is 1. The number of furan rings is 1. The molecular weight excluding hydrogens is 254 g/mol. The fourth-order valence-electron chi connectivity index (χ4n) is 1.89. The van der Waals surface area contributed by atoms with Crippen LogP contribution in [0.4, 0.5) is 11.4 Å². The highest BCUT2D eigenvalue weighted by atomic mass is 16.3. The fourth-order valence-corrected chi connectivity index (χ4v) is 1.89. The third kappa shape index (κ3) is 3.32. The van der Waals surface area contributed by atoms with E-state index in [1.54, 1.807) is 18.2 Å². The predicted octanol–water partition coefficient (Wildman–Crippen LogP) is 2.53. The summed E-state index contributed by atoms with van der Waals surface area (Å²) >= 11 is 0. The molecule has 0 radical (unpaired) electrons. The zero-order chi connectivity index (χ0) is 14.5. The Morgan fingerprint density at radius 1 is 1.30 bits per heavy atom. The lowest BCUT2D eigenvalue weighted by atomic mass is 10.1. The second-order valence-corrected chi connectivity index (χ2v) is 4.53. The SMILES string of the molecule is CCNC(=O)c1ccc(NCc2ccc(C)o2)c(N)c1. The first-order chi connectivity index (χ1) is 9.60. The first kappa shape index (κ1) is 14.0. The zero-order valence-electron chi connectivity index (χ0n) is 11.7. The van der Waals surface area contributed by atoms with Crippen molar-refractivity contribution in [1.29, 1.82) is 0 Å². The molecule has 20 heavy (non-hydrogen) atoms. The number of benzene rings is 1. The molecule has 0 aliphatic heterocycles. The number of nitrogen functional groups attached to an aromatic ring is 1. The Balaban J connectivity index is 2.04. The summed E-state index contributed by atoms with van der Waals surface area (Å²) in [5, 5.41) is 5.93. The van der Waals surface area contributed by atoms with E-state index in [-0.39, 0.29) is 5.91 Å². The van der Waals surface area contributed by atoms with Gasteiger partial charge < -0.3 is 20.8 Å². The van der Waals surface area contributed by atoms with Crippen molar-refractivity contribution in [1.82, 2.24) is 5.32 Å². The summed E-state index contributed by atoms with van der Waals surface area (Å²) in [7, 11) is 0. The van der Waals surface area contributed by atoms with Crippen LogP contribution < -0.4 is 16.4 Å². The van der Waals surface area contributed by atoms with E-state index < -0.39 is 0 Å². The molecule has 0 aliphatic rings. The molecule has 0 atom stereocenters. The van der Waals surface area contributed by atoms with Gasteiger partial charge in [0.2, 0.25) is 0 Å². The molecule has 0 aliphatic carbocycles. The Kier molecular flexibility index (Phi) is 4.30. The summed E-state index contributed by atoms with van der Waals surface area (Å²) in [5.41, 5.74) is 7.83. The Labute approximate surface area is 118 Å². The van der Waals surface area contributed by atoms with E-state index in [2.05, 4.69) is 10.6 Å². The monoisotopic (exact) mass is 273 g/mol. The highest BCUT2D eigenvalue weighted by molar-refractivity contribution is 5.96. The van der Waals surface area contributed by atoms with E-state index >= 15 is 0 Å². The number of nitrogens with one attached hydrogen (secondary N) is 2. The molecule has 5 heteroatoms. The van der Waals surface area contributed by atoms with E-state index in [1.165, 1.54) is 0 Å². The number of carbonyl (C=O) groups excluding carboxylic acids is 1. The summed E-state index contributed by atoms with van der Waals surface area (Å²) in [6, 6.07) is 9.05. The van der Waals surface area contributed by atoms with Crippen LogP contribution in [0, 0.1) is 6.92 Å². The van der Waals surface area contributed by atoms with Crippen molar-refractivity contribution in [2.24, 2.45) is 0 Å². The summed E-state index contributed by atoms with van der Waals surface area (Å²) in [6.07, 6.45) is 0. The van der Waals surface area contributed by atoms with Crippen LogP contribution in [0.25, 0.3) is 0 Å². The highest BCUT2D eigenvalue weighted by Crippen LogP contribution is 2.21. The fraction of sp³-hybridized carbons (Fsp3) is 0.267. The number of rotatable bonds is 5. The second-order valence-electron chi connectivity index (χ2n) is 4.53. The number of hydrogen-bond donors (Lipinski definition) is 3. The Morgan fingerprint density at radius 3 is 2.70 bits per heavy atom. The molecule has 4 N–H and O–H groups in total. The zero-order valence-corrected chi connectivity index (χ0v) is 11.7. The maximum Gasteiger partial charge on any atom is 0.251 e. The minimum absolute atomic E-state index is 0.118. The highest BCUT2D eigenvalue weighted by Gasteiger charge is 2.07. The van der Waals surface area contributed by atoms with Gasteiger partial charge in [-0.1, -0.05) is 0 Å². The van der Waals surface area contributed by atoms with Crippen molar-refractivity contribution < 1.29 is 9.21 Å². The minimum Gasteiger partial charge on any atom is -0.465 e. The molecule has 106 valence electrons. The molecule has 0 bridgehead atoms. The number of amides is 1. The van der Waals surface area contributed by atoms with Gasteiger partial charge in [0.25, 0.3) is 5.91 Å². The van der Waals surface area contributed by atoms with Crippen LogP contribution >= 0.6 is 0 Å². The molecular formula is C15H19N3O2. The van der Waals surface area contributed by atoms with Crippen LogP contribution in [0.5, 0.6) is 0 Å². The molecule has 2 aromatic rings. The average molecular weight is 273 g/mol. The number of hydrogen-bond acceptors (Lipinski definition) is 4. The van der Waals surface area contributed by atoms with Crippen LogP contribution in [0.2, 0.25) is 0 Å². The minimum atomic E-state index is -0.118. The normalized spacial score (nSPS) is 10.3. The third-order valence-electron chi connectivity index (χ3n) is 2.90. The molecule has 0 spiro atoms. The third-order valence-corrected chi connectivity index (χ3v) is 2.90. The smallest absolute Gasteiger partial charge is 0.251 e. The van der Waals surface area contributed by atoms with Crippen molar-refractivity contribution in [3.05, 3.63) is 47.4 Å². The molecule has 0 saturated heterocycles. The van der Waals surface area contributed by atoms with E-state index in [1.807, 2.05) is 26.0 Å². The van der Waals surface area contributed by atoms with Gasteiger partial charge in [-0.2, -0.15) is 0 Å². The Hall–Kier alpha value is -2.43. The first-order valence-corrected chi connectivity index (χ1v) is 6.57.